The van der Waals surface area contributed by atoms with E-state index in [9.17, 15) is 0 Å². The molecule has 0 spiro atoms. The zero-order valence-corrected chi connectivity index (χ0v) is 11.6. The standard InChI is InChI=1S/C13H26OSi/c1-5-7-9-10-11-12-14-15(3,4)13-8-6-2/h1H,6-13H2,2-4H3. The molecule has 0 aromatic heterocycles. The zero-order chi connectivity index (χ0) is 11.6. The molecule has 15 heavy (non-hydrogen) atoms. The van der Waals surface area contributed by atoms with Crippen molar-refractivity contribution in [1.82, 2.24) is 0 Å². The molecule has 0 aliphatic heterocycles. The minimum Gasteiger partial charge on any atom is -0.417 e. The van der Waals surface area contributed by atoms with E-state index in [-0.39, 0.29) is 0 Å². The first-order valence-electron chi connectivity index (χ1n) is 6.20. The van der Waals surface area contributed by atoms with Crippen molar-refractivity contribution in [3.8, 4) is 12.3 Å². The summed E-state index contributed by atoms with van der Waals surface area (Å²) in [7, 11) is -1.33. The molecule has 0 N–H and O–H groups in total. The third kappa shape index (κ3) is 10.0. The lowest BCUT2D eigenvalue weighted by atomic mass is 10.2. The molecule has 0 aromatic rings. The van der Waals surface area contributed by atoms with Crippen molar-refractivity contribution in [1.29, 1.82) is 0 Å². The lowest BCUT2D eigenvalue weighted by Gasteiger charge is -2.22. The maximum atomic E-state index is 6.00. The lowest BCUT2D eigenvalue weighted by Crippen LogP contribution is -2.30. The molecule has 2 heteroatoms. The second-order valence-corrected chi connectivity index (χ2v) is 9.03. The molecule has 1 nitrogen and oxygen atoms in total. The van der Waals surface area contributed by atoms with Crippen LogP contribution in [0, 0.1) is 12.3 Å². The largest absolute Gasteiger partial charge is 0.417 e. The van der Waals surface area contributed by atoms with Gasteiger partial charge in [0, 0.05) is 13.0 Å². The van der Waals surface area contributed by atoms with Crippen LogP contribution in [0.5, 0.6) is 0 Å². The van der Waals surface area contributed by atoms with E-state index in [4.69, 9.17) is 10.8 Å². The summed E-state index contributed by atoms with van der Waals surface area (Å²) in [5.41, 5.74) is 0. The van der Waals surface area contributed by atoms with Crippen LogP contribution >= 0.6 is 0 Å². The van der Waals surface area contributed by atoms with Gasteiger partial charge in [-0.25, -0.2) is 0 Å². The molecule has 0 saturated heterocycles. The minimum absolute atomic E-state index is 0.913. The van der Waals surface area contributed by atoms with Crippen molar-refractivity contribution in [2.45, 2.75) is 64.6 Å². The van der Waals surface area contributed by atoms with Crippen LogP contribution in [0.15, 0.2) is 0 Å². The molecule has 0 atom stereocenters. The number of hydrogen-bond acceptors (Lipinski definition) is 1. The van der Waals surface area contributed by atoms with Crippen LogP contribution in [0.1, 0.15) is 45.4 Å². The fourth-order valence-electron chi connectivity index (χ4n) is 1.53. The first-order valence-corrected chi connectivity index (χ1v) is 9.31. The average molecular weight is 226 g/mol. The molecule has 0 radical (unpaired) electrons. The van der Waals surface area contributed by atoms with Crippen LogP contribution in [0.25, 0.3) is 0 Å². The molecule has 0 aliphatic carbocycles. The first kappa shape index (κ1) is 14.7. The summed E-state index contributed by atoms with van der Waals surface area (Å²) in [6.07, 6.45) is 12.2. The summed E-state index contributed by atoms with van der Waals surface area (Å²) in [6.45, 7) is 7.83. The average Bonchev–Trinajstić information content (AvgIpc) is 2.20. The monoisotopic (exact) mass is 226 g/mol. The summed E-state index contributed by atoms with van der Waals surface area (Å²) in [4.78, 5) is 0. The Kier molecular flexibility index (Phi) is 8.84. The van der Waals surface area contributed by atoms with Crippen LogP contribution in [0.2, 0.25) is 19.1 Å². The van der Waals surface area contributed by atoms with Crippen LogP contribution in [-0.4, -0.2) is 14.9 Å². The quantitative estimate of drug-likeness (QED) is 0.325. The summed E-state index contributed by atoms with van der Waals surface area (Å²) < 4.78 is 6.00. The van der Waals surface area contributed by atoms with Gasteiger partial charge in [-0.3, -0.25) is 0 Å². The van der Waals surface area contributed by atoms with Crippen LogP contribution < -0.4 is 0 Å². The highest BCUT2D eigenvalue weighted by Crippen LogP contribution is 2.15. The maximum absolute atomic E-state index is 6.00. The Labute approximate surface area is 96.7 Å². The van der Waals surface area contributed by atoms with Gasteiger partial charge in [-0.1, -0.05) is 26.2 Å². The van der Waals surface area contributed by atoms with Gasteiger partial charge in [-0.2, -0.15) is 0 Å². The van der Waals surface area contributed by atoms with Crippen molar-refractivity contribution >= 4 is 8.32 Å². The highest BCUT2D eigenvalue weighted by atomic mass is 28.4. The van der Waals surface area contributed by atoms with Gasteiger partial charge in [-0.05, 0) is 32.0 Å². The zero-order valence-electron chi connectivity index (χ0n) is 10.6. The third-order valence-electron chi connectivity index (χ3n) is 2.59. The van der Waals surface area contributed by atoms with Crippen LogP contribution in [-0.2, 0) is 4.43 Å². The molecular weight excluding hydrogens is 200 g/mol. The summed E-state index contributed by atoms with van der Waals surface area (Å²) in [5, 5.41) is 0. The summed E-state index contributed by atoms with van der Waals surface area (Å²) in [5.74, 6) is 2.67. The van der Waals surface area contributed by atoms with E-state index in [1.807, 2.05) is 0 Å². The second kappa shape index (κ2) is 9.00. The van der Waals surface area contributed by atoms with E-state index in [1.165, 1.54) is 31.7 Å². The van der Waals surface area contributed by atoms with Gasteiger partial charge in [0.2, 0.25) is 0 Å². The van der Waals surface area contributed by atoms with Gasteiger partial charge < -0.3 is 4.43 Å². The predicted molar refractivity (Wildman–Crippen MR) is 70.5 cm³/mol. The Morgan fingerprint density at radius 3 is 2.47 bits per heavy atom. The van der Waals surface area contributed by atoms with Gasteiger partial charge >= 0.3 is 0 Å². The minimum atomic E-state index is -1.33. The van der Waals surface area contributed by atoms with Crippen molar-refractivity contribution in [3.63, 3.8) is 0 Å². The van der Waals surface area contributed by atoms with Gasteiger partial charge in [0.05, 0.1) is 0 Å². The van der Waals surface area contributed by atoms with E-state index >= 15 is 0 Å². The fourth-order valence-corrected chi connectivity index (χ4v) is 3.58. The van der Waals surface area contributed by atoms with E-state index in [1.54, 1.807) is 0 Å². The molecule has 0 bridgehead atoms. The van der Waals surface area contributed by atoms with Gasteiger partial charge in [-0.15, -0.1) is 12.3 Å². The Morgan fingerprint density at radius 1 is 1.13 bits per heavy atom. The Hall–Kier alpha value is -0.263. The number of terminal acetylenes is 1. The van der Waals surface area contributed by atoms with Gasteiger partial charge in [0.25, 0.3) is 0 Å². The van der Waals surface area contributed by atoms with Crippen molar-refractivity contribution in [3.05, 3.63) is 0 Å². The van der Waals surface area contributed by atoms with Crippen molar-refractivity contribution < 1.29 is 4.43 Å². The highest BCUT2D eigenvalue weighted by molar-refractivity contribution is 6.71. The number of rotatable bonds is 9. The first-order chi connectivity index (χ1) is 7.12. The topological polar surface area (TPSA) is 9.23 Å². The molecule has 0 unspecified atom stereocenters. The van der Waals surface area contributed by atoms with Crippen molar-refractivity contribution in [2.24, 2.45) is 0 Å². The number of unbranched alkanes of at least 4 members (excludes halogenated alkanes) is 4. The molecule has 0 aliphatic rings. The molecule has 0 aromatic carbocycles. The molecule has 0 saturated carbocycles. The Morgan fingerprint density at radius 2 is 1.87 bits per heavy atom. The SMILES string of the molecule is C#CCCCCCO[Si](C)(C)CCCC. The fraction of sp³-hybridized carbons (Fsp3) is 0.846. The van der Waals surface area contributed by atoms with Crippen LogP contribution in [0.4, 0.5) is 0 Å². The van der Waals surface area contributed by atoms with Crippen LogP contribution in [0.3, 0.4) is 0 Å². The van der Waals surface area contributed by atoms with Crippen molar-refractivity contribution in [2.75, 3.05) is 6.61 Å². The molecule has 88 valence electrons. The van der Waals surface area contributed by atoms with Gasteiger partial charge in [0.1, 0.15) is 0 Å². The third-order valence-corrected chi connectivity index (χ3v) is 5.13. The molecule has 0 rings (SSSR count). The highest BCUT2D eigenvalue weighted by Gasteiger charge is 2.20. The summed E-state index contributed by atoms with van der Waals surface area (Å²) >= 11 is 0. The Balaban J connectivity index is 3.36. The van der Waals surface area contributed by atoms with E-state index in [0.29, 0.717) is 0 Å². The maximum Gasteiger partial charge on any atom is 0.186 e. The molecular formula is C13H26OSi. The lowest BCUT2D eigenvalue weighted by molar-refractivity contribution is 0.294. The summed E-state index contributed by atoms with van der Waals surface area (Å²) in [6, 6.07) is 1.30. The molecule has 0 fully saturated rings. The Bertz CT molecular complexity index is 181. The second-order valence-electron chi connectivity index (χ2n) is 4.73. The smallest absolute Gasteiger partial charge is 0.186 e. The van der Waals surface area contributed by atoms with E-state index in [2.05, 4.69) is 25.9 Å². The van der Waals surface area contributed by atoms with Gasteiger partial charge in [0.15, 0.2) is 8.32 Å². The molecule has 0 amide bonds. The van der Waals surface area contributed by atoms with E-state index < -0.39 is 8.32 Å². The number of hydrogen-bond donors (Lipinski definition) is 0. The normalized spacial score (nSPS) is 11.3. The predicted octanol–water partition coefficient (Wildman–Crippen LogP) is 4.20. The molecule has 0 heterocycles. The van der Waals surface area contributed by atoms with E-state index in [0.717, 1.165) is 19.4 Å².